The minimum Gasteiger partial charge on any atom is -0.489 e. The Hall–Kier alpha value is -1.02. The zero-order valence-electron chi connectivity index (χ0n) is 12.5. The SMILES string of the molecule is CC(CNC1CCCC1)Oc1ccccc1C(C)C. The molecule has 1 aromatic rings. The molecule has 2 heteroatoms. The van der Waals surface area contributed by atoms with Gasteiger partial charge in [-0.25, -0.2) is 0 Å². The fourth-order valence-electron chi connectivity index (χ4n) is 2.79. The van der Waals surface area contributed by atoms with Crippen LogP contribution in [-0.4, -0.2) is 18.7 Å². The van der Waals surface area contributed by atoms with Crippen molar-refractivity contribution in [3.05, 3.63) is 29.8 Å². The van der Waals surface area contributed by atoms with Gasteiger partial charge in [-0.3, -0.25) is 0 Å². The lowest BCUT2D eigenvalue weighted by Crippen LogP contribution is -2.35. The highest BCUT2D eigenvalue weighted by Crippen LogP contribution is 2.26. The predicted octanol–water partition coefficient (Wildman–Crippen LogP) is 4.11. The lowest BCUT2D eigenvalue weighted by molar-refractivity contribution is 0.209. The summed E-state index contributed by atoms with van der Waals surface area (Å²) < 4.78 is 6.10. The summed E-state index contributed by atoms with van der Waals surface area (Å²) in [4.78, 5) is 0. The van der Waals surface area contributed by atoms with Crippen LogP contribution in [-0.2, 0) is 0 Å². The molecule has 1 atom stereocenters. The van der Waals surface area contributed by atoms with Crippen molar-refractivity contribution in [2.45, 2.75) is 64.5 Å². The molecule has 1 fully saturated rings. The van der Waals surface area contributed by atoms with Gasteiger partial charge in [-0.05, 0) is 37.3 Å². The van der Waals surface area contributed by atoms with Crippen LogP contribution in [0.5, 0.6) is 5.75 Å². The molecule has 1 aromatic carbocycles. The minimum absolute atomic E-state index is 0.223. The molecule has 1 N–H and O–H groups in total. The van der Waals surface area contributed by atoms with E-state index in [0.717, 1.165) is 12.3 Å². The Morgan fingerprint density at radius 2 is 1.84 bits per heavy atom. The van der Waals surface area contributed by atoms with Crippen LogP contribution in [0, 0.1) is 0 Å². The third-order valence-corrected chi connectivity index (χ3v) is 3.92. The predicted molar refractivity (Wildman–Crippen MR) is 80.9 cm³/mol. The Labute approximate surface area is 117 Å². The van der Waals surface area contributed by atoms with E-state index in [2.05, 4.69) is 50.4 Å². The molecule has 106 valence electrons. The summed E-state index contributed by atoms with van der Waals surface area (Å²) in [6, 6.07) is 9.10. The molecule has 0 aromatic heterocycles. The second kappa shape index (κ2) is 6.95. The number of hydrogen-bond acceptors (Lipinski definition) is 2. The molecule has 0 heterocycles. The van der Waals surface area contributed by atoms with Crippen molar-refractivity contribution in [1.29, 1.82) is 0 Å². The Morgan fingerprint density at radius 1 is 1.16 bits per heavy atom. The molecule has 0 spiro atoms. The average Bonchev–Trinajstić information content (AvgIpc) is 2.90. The zero-order valence-corrected chi connectivity index (χ0v) is 12.5. The maximum Gasteiger partial charge on any atom is 0.123 e. The molecule has 0 radical (unpaired) electrons. The quantitative estimate of drug-likeness (QED) is 0.832. The number of para-hydroxylation sites is 1. The van der Waals surface area contributed by atoms with Crippen LogP contribution in [0.2, 0.25) is 0 Å². The molecule has 0 bridgehead atoms. The number of ether oxygens (including phenoxy) is 1. The van der Waals surface area contributed by atoms with Crippen molar-refractivity contribution in [2.75, 3.05) is 6.54 Å². The average molecular weight is 261 g/mol. The van der Waals surface area contributed by atoms with Crippen LogP contribution >= 0.6 is 0 Å². The van der Waals surface area contributed by atoms with Crippen LogP contribution in [0.25, 0.3) is 0 Å². The van der Waals surface area contributed by atoms with Gasteiger partial charge >= 0.3 is 0 Å². The number of nitrogens with one attached hydrogen (secondary N) is 1. The topological polar surface area (TPSA) is 21.3 Å². The smallest absolute Gasteiger partial charge is 0.123 e. The summed E-state index contributed by atoms with van der Waals surface area (Å²) >= 11 is 0. The highest BCUT2D eigenvalue weighted by Gasteiger charge is 2.16. The van der Waals surface area contributed by atoms with Crippen molar-refractivity contribution in [1.82, 2.24) is 5.32 Å². The molecule has 2 rings (SSSR count). The fourth-order valence-corrected chi connectivity index (χ4v) is 2.79. The van der Waals surface area contributed by atoms with Gasteiger partial charge in [-0.15, -0.1) is 0 Å². The van der Waals surface area contributed by atoms with Crippen LogP contribution in [0.3, 0.4) is 0 Å². The first-order chi connectivity index (χ1) is 9.16. The van der Waals surface area contributed by atoms with E-state index in [1.165, 1.54) is 31.2 Å². The third-order valence-electron chi connectivity index (χ3n) is 3.92. The molecule has 0 saturated heterocycles. The summed E-state index contributed by atoms with van der Waals surface area (Å²) in [5, 5.41) is 3.63. The maximum atomic E-state index is 6.10. The zero-order chi connectivity index (χ0) is 13.7. The fraction of sp³-hybridized carbons (Fsp3) is 0.647. The molecule has 2 nitrogen and oxygen atoms in total. The van der Waals surface area contributed by atoms with E-state index in [-0.39, 0.29) is 6.10 Å². The maximum absolute atomic E-state index is 6.10. The van der Waals surface area contributed by atoms with Gasteiger partial charge < -0.3 is 10.1 Å². The summed E-state index contributed by atoms with van der Waals surface area (Å²) in [6.07, 6.45) is 5.64. The molecule has 1 saturated carbocycles. The van der Waals surface area contributed by atoms with Crippen LogP contribution in [0.15, 0.2) is 24.3 Å². The number of benzene rings is 1. The lowest BCUT2D eigenvalue weighted by atomic mass is 10.0. The molecule has 1 aliphatic rings. The molecule has 1 aliphatic carbocycles. The standard InChI is InChI=1S/C17H27NO/c1-13(2)16-10-6-7-11-17(16)19-14(3)12-18-15-8-4-5-9-15/h6-7,10-11,13-15,18H,4-5,8-9,12H2,1-3H3. The number of rotatable bonds is 6. The monoisotopic (exact) mass is 261 g/mol. The molecule has 19 heavy (non-hydrogen) atoms. The summed E-state index contributed by atoms with van der Waals surface area (Å²) in [6.45, 7) is 7.52. The molecule has 1 unspecified atom stereocenters. The van der Waals surface area contributed by atoms with Gasteiger partial charge in [0.1, 0.15) is 11.9 Å². The summed E-state index contributed by atoms with van der Waals surface area (Å²) in [5.41, 5.74) is 1.30. The second-order valence-electron chi connectivity index (χ2n) is 6.01. The van der Waals surface area contributed by atoms with E-state index < -0.39 is 0 Å². The van der Waals surface area contributed by atoms with E-state index in [1.54, 1.807) is 0 Å². The highest BCUT2D eigenvalue weighted by molar-refractivity contribution is 5.35. The molecular formula is C17H27NO. The van der Waals surface area contributed by atoms with Crippen molar-refractivity contribution >= 4 is 0 Å². The Bertz CT molecular complexity index is 383. The van der Waals surface area contributed by atoms with E-state index in [9.17, 15) is 0 Å². The van der Waals surface area contributed by atoms with Crippen molar-refractivity contribution in [3.8, 4) is 5.75 Å². The highest BCUT2D eigenvalue weighted by atomic mass is 16.5. The normalized spacial score (nSPS) is 17.9. The Kier molecular flexibility index (Phi) is 5.26. The lowest BCUT2D eigenvalue weighted by Gasteiger charge is -2.21. The van der Waals surface area contributed by atoms with Gasteiger partial charge in [0.2, 0.25) is 0 Å². The van der Waals surface area contributed by atoms with Gasteiger partial charge in [0, 0.05) is 12.6 Å². The van der Waals surface area contributed by atoms with E-state index in [0.29, 0.717) is 12.0 Å². The van der Waals surface area contributed by atoms with Crippen molar-refractivity contribution in [3.63, 3.8) is 0 Å². The summed E-state index contributed by atoms with van der Waals surface area (Å²) in [5.74, 6) is 1.55. The Balaban J connectivity index is 1.85. The van der Waals surface area contributed by atoms with Crippen LogP contribution in [0.1, 0.15) is 57.9 Å². The number of hydrogen-bond donors (Lipinski definition) is 1. The van der Waals surface area contributed by atoms with E-state index >= 15 is 0 Å². The van der Waals surface area contributed by atoms with E-state index in [4.69, 9.17) is 4.74 Å². The van der Waals surface area contributed by atoms with Gasteiger partial charge in [0.25, 0.3) is 0 Å². The minimum atomic E-state index is 0.223. The van der Waals surface area contributed by atoms with Crippen LogP contribution < -0.4 is 10.1 Å². The third kappa shape index (κ3) is 4.24. The molecular weight excluding hydrogens is 234 g/mol. The van der Waals surface area contributed by atoms with Gasteiger partial charge in [0.15, 0.2) is 0 Å². The van der Waals surface area contributed by atoms with Crippen LogP contribution in [0.4, 0.5) is 0 Å². The van der Waals surface area contributed by atoms with Crippen molar-refractivity contribution < 1.29 is 4.74 Å². The molecule has 0 amide bonds. The first-order valence-electron chi connectivity index (χ1n) is 7.65. The van der Waals surface area contributed by atoms with Gasteiger partial charge in [-0.1, -0.05) is 44.9 Å². The first-order valence-corrected chi connectivity index (χ1v) is 7.65. The van der Waals surface area contributed by atoms with Gasteiger partial charge in [0.05, 0.1) is 0 Å². The van der Waals surface area contributed by atoms with Gasteiger partial charge in [-0.2, -0.15) is 0 Å². The largest absolute Gasteiger partial charge is 0.489 e. The molecule has 0 aliphatic heterocycles. The first kappa shape index (κ1) is 14.4. The van der Waals surface area contributed by atoms with Crippen molar-refractivity contribution in [2.24, 2.45) is 0 Å². The second-order valence-corrected chi connectivity index (χ2v) is 6.01. The Morgan fingerprint density at radius 3 is 2.53 bits per heavy atom. The summed E-state index contributed by atoms with van der Waals surface area (Å²) in [7, 11) is 0. The van der Waals surface area contributed by atoms with E-state index in [1.807, 2.05) is 0 Å².